The van der Waals surface area contributed by atoms with Gasteiger partial charge in [-0.2, -0.15) is 0 Å². The summed E-state index contributed by atoms with van der Waals surface area (Å²) < 4.78 is 11.3. The Morgan fingerprint density at radius 3 is 2.37 bits per heavy atom. The van der Waals surface area contributed by atoms with Crippen LogP contribution in [0.3, 0.4) is 0 Å². The van der Waals surface area contributed by atoms with E-state index in [4.69, 9.17) is 32.7 Å². The van der Waals surface area contributed by atoms with Crippen molar-refractivity contribution in [1.29, 1.82) is 0 Å². The maximum absolute atomic E-state index is 6.26. The van der Waals surface area contributed by atoms with Gasteiger partial charge in [0.2, 0.25) is 0 Å². The van der Waals surface area contributed by atoms with Crippen LogP contribution in [0, 0.1) is 0 Å². The first-order valence-corrected chi connectivity index (χ1v) is 7.87. The highest BCUT2D eigenvalue weighted by atomic mass is 79.9. The Labute approximate surface area is 134 Å². The van der Waals surface area contributed by atoms with Crippen LogP contribution in [0.4, 0.5) is 0 Å². The normalized spacial score (nSPS) is 12.3. The quantitative estimate of drug-likeness (QED) is 0.645. The molecular formula is C13H11BrCl2O2S. The van der Waals surface area contributed by atoms with Gasteiger partial charge in [-0.3, -0.25) is 0 Å². The van der Waals surface area contributed by atoms with Crippen LogP contribution in [0.5, 0.6) is 11.5 Å². The Morgan fingerprint density at radius 2 is 1.84 bits per heavy atom. The third-order valence-electron chi connectivity index (χ3n) is 2.63. The van der Waals surface area contributed by atoms with Crippen molar-refractivity contribution < 1.29 is 9.47 Å². The fraction of sp³-hybridized carbons (Fsp3) is 0.231. The first-order valence-electron chi connectivity index (χ1n) is 5.38. The molecular weight excluding hydrogens is 371 g/mol. The van der Waals surface area contributed by atoms with Gasteiger partial charge >= 0.3 is 0 Å². The summed E-state index contributed by atoms with van der Waals surface area (Å²) in [6.45, 7) is 0. The van der Waals surface area contributed by atoms with Crippen LogP contribution in [0.15, 0.2) is 24.3 Å². The molecule has 0 aliphatic rings. The average molecular weight is 382 g/mol. The van der Waals surface area contributed by atoms with E-state index >= 15 is 0 Å². The molecule has 2 nitrogen and oxygen atoms in total. The van der Waals surface area contributed by atoms with E-state index in [1.54, 1.807) is 14.2 Å². The van der Waals surface area contributed by atoms with E-state index in [0.717, 1.165) is 14.8 Å². The second-order valence-electron chi connectivity index (χ2n) is 3.71. The number of benzene rings is 1. The molecule has 1 heterocycles. The molecule has 1 aromatic heterocycles. The minimum absolute atomic E-state index is 0.0247. The zero-order chi connectivity index (χ0) is 14.0. The third-order valence-corrected chi connectivity index (χ3v) is 5.58. The van der Waals surface area contributed by atoms with Crippen molar-refractivity contribution in [3.8, 4) is 11.5 Å². The van der Waals surface area contributed by atoms with Crippen LogP contribution in [0.2, 0.25) is 9.36 Å². The molecule has 2 rings (SSSR count). The maximum Gasteiger partial charge on any atom is 0.145 e. The topological polar surface area (TPSA) is 18.5 Å². The molecule has 19 heavy (non-hydrogen) atoms. The number of hydrogen-bond donors (Lipinski definition) is 0. The number of methoxy groups -OCH3 is 2. The highest BCUT2D eigenvalue weighted by Gasteiger charge is 2.21. The number of alkyl halides is 1. The van der Waals surface area contributed by atoms with Gasteiger partial charge in [-0.1, -0.05) is 45.2 Å². The zero-order valence-electron chi connectivity index (χ0n) is 10.2. The van der Waals surface area contributed by atoms with Crippen LogP contribution in [-0.4, -0.2) is 14.2 Å². The van der Waals surface area contributed by atoms with Gasteiger partial charge in [0, 0.05) is 10.4 Å². The first kappa shape index (κ1) is 15.0. The van der Waals surface area contributed by atoms with Crippen LogP contribution < -0.4 is 9.47 Å². The molecule has 0 saturated carbocycles. The Hall–Kier alpha value is -0.420. The van der Waals surface area contributed by atoms with Crippen molar-refractivity contribution in [3.63, 3.8) is 0 Å². The smallest absolute Gasteiger partial charge is 0.145 e. The first-order chi connectivity index (χ1) is 9.08. The molecule has 0 aliphatic heterocycles. The molecule has 0 amide bonds. The highest BCUT2D eigenvalue weighted by molar-refractivity contribution is 9.09. The molecule has 0 bridgehead atoms. The molecule has 0 N–H and O–H groups in total. The van der Waals surface area contributed by atoms with Gasteiger partial charge in [0.1, 0.15) is 16.5 Å². The van der Waals surface area contributed by atoms with Crippen molar-refractivity contribution in [2.24, 2.45) is 0 Å². The molecule has 0 fully saturated rings. The third kappa shape index (κ3) is 3.02. The number of thiophene rings is 1. The maximum atomic E-state index is 6.26. The number of hydrogen-bond acceptors (Lipinski definition) is 3. The summed E-state index contributed by atoms with van der Waals surface area (Å²) in [5.74, 6) is 1.19. The highest BCUT2D eigenvalue weighted by Crippen LogP contribution is 2.45. The fourth-order valence-electron chi connectivity index (χ4n) is 1.74. The van der Waals surface area contributed by atoms with E-state index in [-0.39, 0.29) is 4.83 Å². The lowest BCUT2D eigenvalue weighted by atomic mass is 10.1. The van der Waals surface area contributed by atoms with Crippen molar-refractivity contribution in [3.05, 3.63) is 44.1 Å². The van der Waals surface area contributed by atoms with Crippen molar-refractivity contribution in [2.75, 3.05) is 14.2 Å². The monoisotopic (exact) mass is 380 g/mol. The predicted molar refractivity (Wildman–Crippen MR) is 84.7 cm³/mol. The van der Waals surface area contributed by atoms with E-state index in [1.807, 2.05) is 24.3 Å². The summed E-state index contributed by atoms with van der Waals surface area (Å²) in [5, 5.41) is 0.467. The summed E-state index contributed by atoms with van der Waals surface area (Å²) in [6.07, 6.45) is 0. The van der Waals surface area contributed by atoms with Gasteiger partial charge in [0.25, 0.3) is 0 Å². The van der Waals surface area contributed by atoms with Gasteiger partial charge in [0.15, 0.2) is 0 Å². The average Bonchev–Trinajstić information content (AvgIpc) is 2.84. The van der Waals surface area contributed by atoms with Gasteiger partial charge in [-0.15, -0.1) is 11.3 Å². The molecule has 0 aliphatic carbocycles. The lowest BCUT2D eigenvalue weighted by Crippen LogP contribution is -1.98. The van der Waals surface area contributed by atoms with Crippen LogP contribution in [0.25, 0.3) is 0 Å². The van der Waals surface area contributed by atoms with Crippen molar-refractivity contribution in [2.45, 2.75) is 4.83 Å². The summed E-state index contributed by atoms with van der Waals surface area (Å²) in [4.78, 5) is 1.06. The number of halogens is 3. The summed E-state index contributed by atoms with van der Waals surface area (Å²) in [5.41, 5.74) is 0.937. The number of rotatable bonds is 4. The second kappa shape index (κ2) is 6.35. The van der Waals surface area contributed by atoms with Gasteiger partial charge in [0.05, 0.1) is 23.4 Å². The largest absolute Gasteiger partial charge is 0.495 e. The van der Waals surface area contributed by atoms with Crippen LogP contribution >= 0.6 is 50.5 Å². The molecule has 102 valence electrons. The lowest BCUT2D eigenvalue weighted by molar-refractivity contribution is 0.392. The van der Waals surface area contributed by atoms with Gasteiger partial charge in [-0.25, -0.2) is 0 Å². The van der Waals surface area contributed by atoms with E-state index in [1.165, 1.54) is 11.3 Å². The van der Waals surface area contributed by atoms with E-state index in [0.29, 0.717) is 16.5 Å². The molecule has 1 atom stereocenters. The summed E-state index contributed by atoms with van der Waals surface area (Å²) in [6, 6.07) is 7.59. The van der Waals surface area contributed by atoms with Gasteiger partial charge in [-0.05, 0) is 18.2 Å². The SMILES string of the molecule is COc1ccc(C(Br)c2ccc(Cl)s2)c(OC)c1Cl. The van der Waals surface area contributed by atoms with E-state index in [9.17, 15) is 0 Å². The zero-order valence-corrected chi connectivity index (χ0v) is 14.2. The van der Waals surface area contributed by atoms with E-state index < -0.39 is 0 Å². The van der Waals surface area contributed by atoms with Crippen molar-refractivity contribution >= 4 is 50.5 Å². The Balaban J connectivity index is 2.47. The fourth-order valence-corrected chi connectivity index (χ4v) is 3.91. The predicted octanol–water partition coefficient (Wildman–Crippen LogP) is 5.56. The molecule has 0 radical (unpaired) electrons. The molecule has 6 heteroatoms. The Morgan fingerprint density at radius 1 is 1.11 bits per heavy atom. The van der Waals surface area contributed by atoms with E-state index in [2.05, 4.69) is 15.9 Å². The summed E-state index contributed by atoms with van der Waals surface area (Å²) in [7, 11) is 3.16. The van der Waals surface area contributed by atoms with Gasteiger partial charge < -0.3 is 9.47 Å². The lowest BCUT2D eigenvalue weighted by Gasteiger charge is -2.16. The Kier molecular flexibility index (Phi) is 5.01. The minimum atomic E-state index is -0.0247. The number of ether oxygens (including phenoxy) is 2. The standard InChI is InChI=1S/C13H11BrCl2O2S/c1-17-8-4-3-7(13(18-2)12(8)16)11(14)9-5-6-10(15)19-9/h3-6,11H,1-2H3. The van der Waals surface area contributed by atoms with Crippen LogP contribution in [-0.2, 0) is 0 Å². The molecule has 0 spiro atoms. The van der Waals surface area contributed by atoms with Crippen molar-refractivity contribution in [1.82, 2.24) is 0 Å². The molecule has 1 unspecified atom stereocenters. The molecule has 2 aromatic rings. The molecule has 1 aromatic carbocycles. The minimum Gasteiger partial charge on any atom is -0.495 e. The molecule has 0 saturated heterocycles. The second-order valence-corrected chi connectivity index (χ2v) is 6.75. The Bertz CT molecular complexity index is 586. The summed E-state index contributed by atoms with van der Waals surface area (Å²) >= 11 is 17.4. The van der Waals surface area contributed by atoms with Crippen LogP contribution in [0.1, 0.15) is 15.3 Å².